The van der Waals surface area contributed by atoms with Gasteiger partial charge in [0.2, 0.25) is 5.91 Å². The largest absolute Gasteiger partial charge is 0.389 e. The average molecular weight is 267 g/mol. The molecule has 0 unspecified atom stereocenters. The molecule has 0 aliphatic rings. The number of hydrogen-bond donors (Lipinski definition) is 3. The molecule has 0 aromatic carbocycles. The summed E-state index contributed by atoms with van der Waals surface area (Å²) in [6.45, 7) is 4.31. The fraction of sp³-hybridized carbons (Fsp3) is 0.455. The molecule has 1 amide bonds. The summed E-state index contributed by atoms with van der Waals surface area (Å²) >= 11 is 5.01. The Morgan fingerprint density at radius 1 is 1.33 bits per heavy atom. The third kappa shape index (κ3) is 3.63. The quantitative estimate of drug-likeness (QED) is 0.509. The first-order valence-electron chi connectivity index (χ1n) is 5.59. The predicted octanol–water partition coefficient (Wildman–Crippen LogP) is 0.405. The maximum atomic E-state index is 10.6. The van der Waals surface area contributed by atoms with Crippen molar-refractivity contribution in [1.29, 1.82) is 0 Å². The molecule has 0 bridgehead atoms. The van der Waals surface area contributed by atoms with Gasteiger partial charge in [-0.2, -0.15) is 5.10 Å². The summed E-state index contributed by atoms with van der Waals surface area (Å²) < 4.78 is 0. The van der Waals surface area contributed by atoms with Gasteiger partial charge >= 0.3 is 0 Å². The molecule has 1 heterocycles. The first kappa shape index (κ1) is 14.3. The van der Waals surface area contributed by atoms with Crippen LogP contribution in [-0.2, 0) is 4.79 Å². The van der Waals surface area contributed by atoms with E-state index in [1.165, 1.54) is 0 Å². The van der Waals surface area contributed by atoms with E-state index in [2.05, 4.69) is 15.5 Å². The van der Waals surface area contributed by atoms with Crippen molar-refractivity contribution in [3.05, 3.63) is 16.8 Å². The van der Waals surface area contributed by atoms with Gasteiger partial charge in [0, 0.05) is 13.0 Å². The number of carbonyl (C=O) groups excluding carboxylic acids is 1. The Hall–Kier alpha value is -1.76. The van der Waals surface area contributed by atoms with E-state index in [-0.39, 0.29) is 10.9 Å². The molecule has 0 spiro atoms. The third-order valence-corrected chi connectivity index (χ3v) is 2.80. The Bertz CT molecular complexity index is 475. The van der Waals surface area contributed by atoms with Crippen molar-refractivity contribution in [2.45, 2.75) is 26.7 Å². The van der Waals surface area contributed by atoms with Gasteiger partial charge < -0.3 is 16.8 Å². The van der Waals surface area contributed by atoms with Crippen LogP contribution in [0.2, 0.25) is 0 Å². The summed E-state index contributed by atoms with van der Waals surface area (Å²) in [4.78, 5) is 10.9. The number of rotatable bonds is 6. The van der Waals surface area contributed by atoms with E-state index in [1.807, 2.05) is 13.8 Å². The van der Waals surface area contributed by atoms with E-state index in [4.69, 9.17) is 23.7 Å². The topological polar surface area (TPSA) is 107 Å². The van der Waals surface area contributed by atoms with Gasteiger partial charge in [-0.1, -0.05) is 12.2 Å². The number of hydrogen-bond acceptors (Lipinski definition) is 5. The van der Waals surface area contributed by atoms with Crippen molar-refractivity contribution >= 4 is 28.9 Å². The lowest BCUT2D eigenvalue weighted by Crippen LogP contribution is -2.19. The molecule has 1 aromatic heterocycles. The maximum absolute atomic E-state index is 10.6. The highest BCUT2D eigenvalue weighted by Gasteiger charge is 2.13. The number of anilines is 1. The van der Waals surface area contributed by atoms with Crippen LogP contribution in [0, 0.1) is 13.8 Å². The van der Waals surface area contributed by atoms with Gasteiger partial charge in [0.15, 0.2) is 5.82 Å². The average Bonchev–Trinajstić information content (AvgIpc) is 2.28. The van der Waals surface area contributed by atoms with Crippen LogP contribution in [0.25, 0.3) is 0 Å². The lowest BCUT2D eigenvalue weighted by Gasteiger charge is -2.12. The SMILES string of the molecule is Cc1nnc(NCCCC(N)=O)c(C(N)=S)c1C. The molecule has 5 N–H and O–H groups in total. The van der Waals surface area contributed by atoms with Crippen molar-refractivity contribution < 1.29 is 4.79 Å². The van der Waals surface area contributed by atoms with Gasteiger partial charge in [-0.05, 0) is 25.8 Å². The Morgan fingerprint density at radius 3 is 2.56 bits per heavy atom. The van der Waals surface area contributed by atoms with Gasteiger partial charge in [-0.3, -0.25) is 4.79 Å². The van der Waals surface area contributed by atoms with Gasteiger partial charge in [0.05, 0.1) is 11.3 Å². The molecule has 0 radical (unpaired) electrons. The number of carbonyl (C=O) groups is 1. The fourth-order valence-electron chi connectivity index (χ4n) is 1.50. The van der Waals surface area contributed by atoms with E-state index in [0.29, 0.717) is 30.8 Å². The normalized spacial score (nSPS) is 10.1. The Morgan fingerprint density at radius 2 is 2.00 bits per heavy atom. The molecule has 0 aliphatic heterocycles. The number of thiocarbonyl (C=S) groups is 1. The monoisotopic (exact) mass is 267 g/mol. The van der Waals surface area contributed by atoms with Crippen molar-refractivity contribution in [2.24, 2.45) is 11.5 Å². The van der Waals surface area contributed by atoms with Crippen molar-refractivity contribution in [3.63, 3.8) is 0 Å². The number of nitrogens with zero attached hydrogens (tertiary/aromatic N) is 2. The summed E-state index contributed by atoms with van der Waals surface area (Å²) in [5.41, 5.74) is 13.2. The van der Waals surface area contributed by atoms with Crippen LogP contribution in [-0.4, -0.2) is 27.6 Å². The first-order valence-corrected chi connectivity index (χ1v) is 6.00. The molecule has 0 saturated heterocycles. The number of nitrogens with one attached hydrogen (secondary N) is 1. The summed E-state index contributed by atoms with van der Waals surface area (Å²) in [6.07, 6.45) is 0.953. The summed E-state index contributed by atoms with van der Waals surface area (Å²) in [5, 5.41) is 11.1. The number of nitrogens with two attached hydrogens (primary N) is 2. The van der Waals surface area contributed by atoms with Crippen LogP contribution in [0.5, 0.6) is 0 Å². The van der Waals surface area contributed by atoms with Crippen LogP contribution >= 0.6 is 12.2 Å². The predicted molar refractivity (Wildman–Crippen MR) is 74.3 cm³/mol. The number of aromatic nitrogens is 2. The van der Waals surface area contributed by atoms with Crippen LogP contribution in [0.15, 0.2) is 0 Å². The zero-order chi connectivity index (χ0) is 13.7. The van der Waals surface area contributed by atoms with Crippen LogP contribution < -0.4 is 16.8 Å². The maximum Gasteiger partial charge on any atom is 0.217 e. The summed E-state index contributed by atoms with van der Waals surface area (Å²) in [5.74, 6) is 0.229. The van der Waals surface area contributed by atoms with E-state index >= 15 is 0 Å². The van der Waals surface area contributed by atoms with Gasteiger partial charge in [0.1, 0.15) is 4.99 Å². The van der Waals surface area contributed by atoms with Crippen LogP contribution in [0.4, 0.5) is 5.82 Å². The molecule has 0 aliphatic carbocycles. The molecule has 18 heavy (non-hydrogen) atoms. The second kappa shape index (κ2) is 6.25. The molecular weight excluding hydrogens is 250 g/mol. The van der Waals surface area contributed by atoms with Crippen molar-refractivity contribution in [1.82, 2.24) is 10.2 Å². The van der Waals surface area contributed by atoms with Gasteiger partial charge in [-0.25, -0.2) is 0 Å². The minimum absolute atomic E-state index is 0.280. The molecular formula is C11H17N5OS. The van der Waals surface area contributed by atoms with E-state index in [0.717, 1.165) is 11.3 Å². The zero-order valence-electron chi connectivity index (χ0n) is 10.5. The van der Waals surface area contributed by atoms with E-state index < -0.39 is 0 Å². The number of aryl methyl sites for hydroxylation is 1. The third-order valence-electron chi connectivity index (χ3n) is 2.59. The zero-order valence-corrected chi connectivity index (χ0v) is 11.3. The first-order chi connectivity index (χ1) is 8.43. The van der Waals surface area contributed by atoms with Gasteiger partial charge in [0.25, 0.3) is 0 Å². The van der Waals surface area contributed by atoms with Crippen LogP contribution in [0.3, 0.4) is 0 Å². The second-order valence-electron chi connectivity index (χ2n) is 3.99. The van der Waals surface area contributed by atoms with Crippen molar-refractivity contribution in [2.75, 3.05) is 11.9 Å². The fourth-order valence-corrected chi connectivity index (χ4v) is 1.75. The lowest BCUT2D eigenvalue weighted by atomic mass is 10.1. The molecule has 0 saturated carbocycles. The number of amides is 1. The lowest BCUT2D eigenvalue weighted by molar-refractivity contribution is -0.118. The molecule has 98 valence electrons. The van der Waals surface area contributed by atoms with Gasteiger partial charge in [-0.15, -0.1) is 5.10 Å². The Kier molecular flexibility index (Phi) is 4.96. The van der Waals surface area contributed by atoms with E-state index in [1.54, 1.807) is 0 Å². The highest BCUT2D eigenvalue weighted by atomic mass is 32.1. The molecule has 0 fully saturated rings. The molecule has 7 heteroatoms. The molecule has 1 rings (SSSR count). The summed E-state index contributed by atoms with van der Waals surface area (Å²) in [7, 11) is 0. The smallest absolute Gasteiger partial charge is 0.217 e. The minimum atomic E-state index is -0.322. The summed E-state index contributed by atoms with van der Waals surface area (Å²) in [6, 6.07) is 0. The Labute approximate surface area is 111 Å². The minimum Gasteiger partial charge on any atom is -0.389 e. The second-order valence-corrected chi connectivity index (χ2v) is 4.43. The molecule has 1 aromatic rings. The van der Waals surface area contributed by atoms with E-state index in [9.17, 15) is 4.79 Å². The molecule has 6 nitrogen and oxygen atoms in total. The Balaban J connectivity index is 2.79. The molecule has 0 atom stereocenters. The number of primary amides is 1. The highest BCUT2D eigenvalue weighted by molar-refractivity contribution is 7.80. The standard InChI is InChI=1S/C11H17N5OS/c1-6-7(2)15-16-11(9(6)10(13)18)14-5-3-4-8(12)17/h3-5H2,1-2H3,(H2,12,17)(H2,13,18)(H,14,16). The van der Waals surface area contributed by atoms with Crippen LogP contribution in [0.1, 0.15) is 29.7 Å². The van der Waals surface area contributed by atoms with Crippen molar-refractivity contribution in [3.8, 4) is 0 Å². The highest BCUT2D eigenvalue weighted by Crippen LogP contribution is 2.18.